The van der Waals surface area contributed by atoms with Crippen LogP contribution in [0, 0.1) is 5.92 Å². The van der Waals surface area contributed by atoms with Crippen LogP contribution in [-0.4, -0.2) is 10.1 Å². The number of aryl methyl sites for hydroxylation is 1. The zero-order valence-corrected chi connectivity index (χ0v) is 17.2. The van der Waals surface area contributed by atoms with Gasteiger partial charge in [-0.3, -0.25) is 4.98 Å². The first kappa shape index (κ1) is 20.3. The number of pyridine rings is 1. The van der Waals surface area contributed by atoms with Gasteiger partial charge in [0.15, 0.2) is 0 Å². The third-order valence-electron chi connectivity index (χ3n) is 5.05. The summed E-state index contributed by atoms with van der Waals surface area (Å²) in [5.41, 5.74) is 5.42. The number of nitrogens with zero attached hydrogens (tertiary/aromatic N) is 1. The van der Waals surface area contributed by atoms with Crippen LogP contribution in [0.5, 0.6) is 5.75 Å². The van der Waals surface area contributed by atoms with Crippen LogP contribution in [0.2, 0.25) is 0 Å². The number of rotatable bonds is 9. The molecule has 0 fully saturated rings. The van der Waals surface area contributed by atoms with Gasteiger partial charge < -0.3 is 9.84 Å². The van der Waals surface area contributed by atoms with E-state index in [1.807, 2.05) is 24.3 Å². The molecule has 0 bridgehead atoms. The van der Waals surface area contributed by atoms with Crippen molar-refractivity contribution in [2.45, 2.75) is 59.7 Å². The first-order chi connectivity index (χ1) is 13.6. The van der Waals surface area contributed by atoms with Crippen molar-refractivity contribution in [3.8, 4) is 5.75 Å². The quantitative estimate of drug-likeness (QED) is 0.509. The number of hydrogen-bond acceptors (Lipinski definition) is 3. The molecule has 0 atom stereocenters. The van der Waals surface area contributed by atoms with E-state index in [0.29, 0.717) is 12.5 Å². The lowest BCUT2D eigenvalue weighted by molar-refractivity contribution is 0.278. The fourth-order valence-corrected chi connectivity index (χ4v) is 3.62. The van der Waals surface area contributed by atoms with Crippen molar-refractivity contribution in [1.82, 2.24) is 4.98 Å². The second kappa shape index (κ2) is 9.70. The van der Waals surface area contributed by atoms with Crippen molar-refractivity contribution in [2.75, 3.05) is 0 Å². The Labute approximate surface area is 168 Å². The number of aromatic nitrogens is 1. The van der Waals surface area contributed by atoms with Gasteiger partial charge in [0.2, 0.25) is 0 Å². The van der Waals surface area contributed by atoms with E-state index >= 15 is 0 Å². The van der Waals surface area contributed by atoms with Gasteiger partial charge in [-0.05, 0) is 54.5 Å². The summed E-state index contributed by atoms with van der Waals surface area (Å²) in [4.78, 5) is 4.90. The number of benzene rings is 2. The fourth-order valence-electron chi connectivity index (χ4n) is 3.62. The van der Waals surface area contributed by atoms with Crippen LogP contribution >= 0.6 is 0 Å². The molecule has 1 heterocycles. The van der Waals surface area contributed by atoms with Crippen LogP contribution in [0.15, 0.2) is 48.5 Å². The van der Waals surface area contributed by atoms with Crippen LogP contribution in [0.3, 0.4) is 0 Å². The number of aliphatic hydroxyl groups excluding tert-OH is 1. The van der Waals surface area contributed by atoms with Gasteiger partial charge in [0.1, 0.15) is 12.4 Å². The molecule has 148 valence electrons. The van der Waals surface area contributed by atoms with E-state index in [0.717, 1.165) is 59.2 Å². The molecule has 28 heavy (non-hydrogen) atoms. The molecule has 1 N–H and O–H groups in total. The second-order valence-corrected chi connectivity index (χ2v) is 7.83. The third kappa shape index (κ3) is 4.90. The molecule has 0 aliphatic rings. The smallest absolute Gasteiger partial charge is 0.120 e. The minimum absolute atomic E-state index is 0.0408. The summed E-state index contributed by atoms with van der Waals surface area (Å²) in [5, 5.41) is 11.2. The van der Waals surface area contributed by atoms with Crippen LogP contribution in [0.25, 0.3) is 10.9 Å². The summed E-state index contributed by atoms with van der Waals surface area (Å²) in [5.74, 6) is 1.35. The number of ether oxygens (including phenoxy) is 1. The lowest BCUT2D eigenvalue weighted by atomic mass is 9.93. The molecule has 3 nitrogen and oxygen atoms in total. The molecule has 0 amide bonds. The van der Waals surface area contributed by atoms with Gasteiger partial charge >= 0.3 is 0 Å². The molecule has 0 aliphatic carbocycles. The van der Waals surface area contributed by atoms with Crippen molar-refractivity contribution >= 4 is 10.9 Å². The summed E-state index contributed by atoms with van der Waals surface area (Å²) in [6.45, 7) is 7.17. The highest BCUT2D eigenvalue weighted by Gasteiger charge is 2.16. The van der Waals surface area contributed by atoms with Crippen molar-refractivity contribution in [1.29, 1.82) is 0 Å². The van der Waals surface area contributed by atoms with E-state index < -0.39 is 0 Å². The average molecular weight is 378 g/mol. The molecular formula is C25H31NO2. The second-order valence-electron chi connectivity index (χ2n) is 7.83. The lowest BCUT2D eigenvalue weighted by Crippen LogP contribution is -2.08. The van der Waals surface area contributed by atoms with E-state index in [2.05, 4.69) is 45.0 Å². The summed E-state index contributed by atoms with van der Waals surface area (Å²) in [6.07, 6.45) is 4.07. The molecule has 0 saturated heterocycles. The zero-order valence-electron chi connectivity index (χ0n) is 17.2. The van der Waals surface area contributed by atoms with E-state index in [-0.39, 0.29) is 6.61 Å². The van der Waals surface area contributed by atoms with E-state index in [4.69, 9.17) is 9.72 Å². The predicted octanol–water partition coefficient (Wildman–Crippen LogP) is 5.85. The Kier molecular flexibility index (Phi) is 7.05. The molecule has 1 aromatic heterocycles. The highest BCUT2D eigenvalue weighted by Crippen LogP contribution is 2.30. The van der Waals surface area contributed by atoms with Gasteiger partial charge in [-0.25, -0.2) is 0 Å². The minimum atomic E-state index is 0.0408. The zero-order chi connectivity index (χ0) is 19.9. The van der Waals surface area contributed by atoms with Crippen molar-refractivity contribution in [3.05, 3.63) is 70.9 Å². The van der Waals surface area contributed by atoms with Crippen molar-refractivity contribution < 1.29 is 9.84 Å². The number of fused-ring (bicyclic) bond motifs is 1. The van der Waals surface area contributed by atoms with Gasteiger partial charge in [0, 0.05) is 16.6 Å². The van der Waals surface area contributed by atoms with Crippen LogP contribution < -0.4 is 4.74 Å². The summed E-state index contributed by atoms with van der Waals surface area (Å²) >= 11 is 0. The first-order valence-electron chi connectivity index (χ1n) is 10.3. The Hall–Kier alpha value is -2.39. The maximum Gasteiger partial charge on any atom is 0.120 e. The summed E-state index contributed by atoms with van der Waals surface area (Å²) in [7, 11) is 0. The number of unbranched alkanes of at least 4 members (excludes halogenated alkanes) is 1. The Bertz CT molecular complexity index is 903. The molecule has 0 saturated carbocycles. The van der Waals surface area contributed by atoms with Gasteiger partial charge in [-0.2, -0.15) is 0 Å². The molecule has 0 spiro atoms. The molecule has 0 radical (unpaired) electrons. The molecule has 3 aromatic rings. The molecule has 0 aliphatic heterocycles. The maximum atomic E-state index is 10.1. The third-order valence-corrected chi connectivity index (χ3v) is 5.05. The summed E-state index contributed by atoms with van der Waals surface area (Å²) in [6, 6.07) is 16.3. The summed E-state index contributed by atoms with van der Waals surface area (Å²) < 4.78 is 6.04. The first-order valence-corrected chi connectivity index (χ1v) is 10.3. The molecule has 3 rings (SSSR count). The van der Waals surface area contributed by atoms with Gasteiger partial charge in [0.25, 0.3) is 0 Å². The highest BCUT2D eigenvalue weighted by molar-refractivity contribution is 5.85. The van der Waals surface area contributed by atoms with E-state index in [1.165, 1.54) is 5.56 Å². The Morgan fingerprint density at radius 3 is 2.50 bits per heavy atom. The van der Waals surface area contributed by atoms with E-state index in [9.17, 15) is 5.11 Å². The average Bonchev–Trinajstić information content (AvgIpc) is 2.70. The highest BCUT2D eigenvalue weighted by atomic mass is 16.5. The monoisotopic (exact) mass is 377 g/mol. The lowest BCUT2D eigenvalue weighted by Gasteiger charge is -2.18. The van der Waals surface area contributed by atoms with Gasteiger partial charge in [-0.15, -0.1) is 0 Å². The van der Waals surface area contributed by atoms with Crippen LogP contribution in [0.4, 0.5) is 0 Å². The van der Waals surface area contributed by atoms with Gasteiger partial charge in [-0.1, -0.05) is 57.5 Å². The van der Waals surface area contributed by atoms with Gasteiger partial charge in [0.05, 0.1) is 12.1 Å². The Balaban J connectivity index is 1.99. The van der Waals surface area contributed by atoms with Crippen molar-refractivity contribution in [3.63, 3.8) is 0 Å². The maximum absolute atomic E-state index is 10.1. The predicted molar refractivity (Wildman–Crippen MR) is 116 cm³/mol. The normalized spacial score (nSPS) is 11.3. The molecule has 3 heteroatoms. The minimum Gasteiger partial charge on any atom is -0.489 e. The molecule has 0 unspecified atom stereocenters. The van der Waals surface area contributed by atoms with Crippen LogP contribution in [0.1, 0.15) is 56.0 Å². The topological polar surface area (TPSA) is 42.4 Å². The standard InChI is InChI=1S/C25H31NO2/c1-4-5-11-21-22-15-20(28-17-19-9-7-6-8-10-19)12-13-24(22)26-25(14-18(2)3)23(21)16-27/h6-10,12-13,15,18,27H,4-5,11,14,16-17H2,1-3H3. The Morgan fingerprint density at radius 2 is 1.82 bits per heavy atom. The fraction of sp³-hybridized carbons (Fsp3) is 0.400. The Morgan fingerprint density at radius 1 is 1.04 bits per heavy atom. The largest absolute Gasteiger partial charge is 0.489 e. The van der Waals surface area contributed by atoms with Crippen molar-refractivity contribution in [2.24, 2.45) is 5.92 Å². The number of aliphatic hydroxyl groups is 1. The molecule has 2 aromatic carbocycles. The molecular weight excluding hydrogens is 346 g/mol. The van der Waals surface area contributed by atoms with E-state index in [1.54, 1.807) is 0 Å². The SMILES string of the molecule is CCCCc1c(CO)c(CC(C)C)nc2ccc(OCc3ccccc3)cc12. The number of hydrogen-bond donors (Lipinski definition) is 1. The van der Waals surface area contributed by atoms with Crippen LogP contribution in [-0.2, 0) is 26.1 Å².